The van der Waals surface area contributed by atoms with Crippen LogP contribution in [0.1, 0.15) is 13.3 Å². The fourth-order valence-electron chi connectivity index (χ4n) is 2.53. The molecule has 118 valence electrons. The molecule has 0 saturated carbocycles. The number of ketones is 1. The second-order valence-electron chi connectivity index (χ2n) is 5.22. The van der Waals surface area contributed by atoms with Gasteiger partial charge in [0.15, 0.2) is 5.78 Å². The number of benzene rings is 1. The minimum atomic E-state index is -0.740. The molecule has 1 aromatic rings. The Morgan fingerprint density at radius 3 is 2.68 bits per heavy atom. The van der Waals surface area contributed by atoms with E-state index in [1.165, 1.54) is 13.2 Å². The number of carbonyl (C=O) groups excluding carboxylic acids is 2. The molecule has 0 heterocycles. The third kappa shape index (κ3) is 3.42. The number of methoxy groups -OCH3 is 2. The van der Waals surface area contributed by atoms with Crippen LogP contribution in [0, 0.1) is 11.8 Å². The molecule has 2 rings (SSSR count). The van der Waals surface area contributed by atoms with Crippen molar-refractivity contribution in [3.05, 3.63) is 35.0 Å². The van der Waals surface area contributed by atoms with Gasteiger partial charge in [0.2, 0.25) is 0 Å². The summed E-state index contributed by atoms with van der Waals surface area (Å²) in [6.07, 6.45) is 2.00. The van der Waals surface area contributed by atoms with Crippen molar-refractivity contribution in [2.24, 2.45) is 11.8 Å². The Hall–Kier alpha value is -2.01. The third-order valence-corrected chi connectivity index (χ3v) is 3.99. The zero-order valence-corrected chi connectivity index (χ0v) is 13.4. The van der Waals surface area contributed by atoms with Crippen molar-refractivity contribution in [1.82, 2.24) is 0 Å². The number of rotatable bonds is 4. The minimum Gasteiger partial charge on any atom is -0.497 e. The lowest BCUT2D eigenvalue weighted by Crippen LogP contribution is -2.34. The van der Waals surface area contributed by atoms with Crippen LogP contribution in [0.2, 0.25) is 5.02 Å². The van der Waals surface area contributed by atoms with Crippen LogP contribution < -0.4 is 10.1 Å². The van der Waals surface area contributed by atoms with Crippen molar-refractivity contribution in [2.75, 3.05) is 19.5 Å². The highest BCUT2D eigenvalue weighted by molar-refractivity contribution is 6.33. The van der Waals surface area contributed by atoms with Gasteiger partial charge in [0.25, 0.3) is 0 Å². The Labute approximate surface area is 134 Å². The Kier molecular flexibility index (Phi) is 5.08. The smallest absolute Gasteiger partial charge is 0.316 e. The summed E-state index contributed by atoms with van der Waals surface area (Å²) < 4.78 is 9.84. The molecule has 0 fully saturated rings. The van der Waals surface area contributed by atoms with E-state index in [-0.39, 0.29) is 11.7 Å². The van der Waals surface area contributed by atoms with Gasteiger partial charge in [-0.3, -0.25) is 9.59 Å². The van der Waals surface area contributed by atoms with E-state index in [9.17, 15) is 9.59 Å². The van der Waals surface area contributed by atoms with Gasteiger partial charge in [0.1, 0.15) is 11.7 Å². The lowest BCUT2D eigenvalue weighted by atomic mass is 9.82. The van der Waals surface area contributed by atoms with Crippen LogP contribution in [-0.2, 0) is 14.3 Å². The predicted molar refractivity (Wildman–Crippen MR) is 84.0 cm³/mol. The Balaban J connectivity index is 2.21. The number of nitrogens with one attached hydrogen (secondary N) is 1. The fraction of sp³-hybridized carbons (Fsp3) is 0.375. The van der Waals surface area contributed by atoms with Gasteiger partial charge in [-0.2, -0.15) is 0 Å². The second kappa shape index (κ2) is 6.83. The van der Waals surface area contributed by atoms with Gasteiger partial charge in [-0.15, -0.1) is 0 Å². The summed E-state index contributed by atoms with van der Waals surface area (Å²) in [7, 11) is 2.86. The molecule has 0 saturated heterocycles. The fourth-order valence-corrected chi connectivity index (χ4v) is 2.69. The highest BCUT2D eigenvalue weighted by Crippen LogP contribution is 2.32. The van der Waals surface area contributed by atoms with E-state index in [1.807, 2.05) is 6.92 Å². The SMILES string of the molecule is COC(=O)[C@@H]1C(=O)C=C(Nc2cc(OC)ccc2Cl)C[C@H]1C. The van der Waals surface area contributed by atoms with Gasteiger partial charge in [-0.25, -0.2) is 0 Å². The molecule has 0 unspecified atom stereocenters. The number of carbonyl (C=O) groups is 2. The molecule has 0 amide bonds. The van der Waals surface area contributed by atoms with Crippen LogP contribution in [0.15, 0.2) is 30.0 Å². The normalized spacial score (nSPS) is 21.1. The van der Waals surface area contributed by atoms with Crippen LogP contribution in [-0.4, -0.2) is 26.0 Å². The van der Waals surface area contributed by atoms with Gasteiger partial charge in [0.05, 0.1) is 24.9 Å². The van der Waals surface area contributed by atoms with Crippen LogP contribution >= 0.6 is 11.6 Å². The third-order valence-electron chi connectivity index (χ3n) is 3.66. The lowest BCUT2D eigenvalue weighted by Gasteiger charge is -2.26. The summed E-state index contributed by atoms with van der Waals surface area (Å²) in [6.45, 7) is 1.85. The summed E-state index contributed by atoms with van der Waals surface area (Å²) in [5.41, 5.74) is 1.37. The van der Waals surface area contributed by atoms with Crippen molar-refractivity contribution in [2.45, 2.75) is 13.3 Å². The number of esters is 1. The average Bonchev–Trinajstić information content (AvgIpc) is 2.48. The van der Waals surface area contributed by atoms with E-state index in [4.69, 9.17) is 16.3 Å². The second-order valence-corrected chi connectivity index (χ2v) is 5.63. The maximum absolute atomic E-state index is 12.1. The van der Waals surface area contributed by atoms with E-state index >= 15 is 0 Å². The monoisotopic (exact) mass is 323 g/mol. The molecule has 1 aromatic carbocycles. The maximum Gasteiger partial charge on any atom is 0.316 e. The molecule has 0 bridgehead atoms. The molecule has 1 aliphatic carbocycles. The van der Waals surface area contributed by atoms with Gasteiger partial charge in [0, 0.05) is 17.8 Å². The number of hydrogen-bond acceptors (Lipinski definition) is 5. The zero-order valence-electron chi connectivity index (χ0n) is 12.7. The average molecular weight is 324 g/mol. The van der Waals surface area contributed by atoms with Crippen LogP contribution in [0.3, 0.4) is 0 Å². The van der Waals surface area contributed by atoms with Gasteiger partial charge < -0.3 is 14.8 Å². The number of hydrogen-bond donors (Lipinski definition) is 1. The van der Waals surface area contributed by atoms with E-state index in [0.29, 0.717) is 28.6 Å². The molecule has 0 aromatic heterocycles. The molecular weight excluding hydrogens is 306 g/mol. The first-order valence-corrected chi connectivity index (χ1v) is 7.27. The number of ether oxygens (including phenoxy) is 2. The highest BCUT2D eigenvalue weighted by Gasteiger charge is 2.35. The quantitative estimate of drug-likeness (QED) is 0.681. The molecule has 5 nitrogen and oxygen atoms in total. The van der Waals surface area contributed by atoms with Crippen LogP contribution in [0.25, 0.3) is 0 Å². The summed E-state index contributed by atoms with van der Waals surface area (Å²) in [6, 6.07) is 5.23. The van der Waals surface area contributed by atoms with Gasteiger partial charge >= 0.3 is 5.97 Å². The lowest BCUT2D eigenvalue weighted by molar-refractivity contribution is -0.150. The number of allylic oxidation sites excluding steroid dienone is 2. The van der Waals surface area contributed by atoms with Crippen molar-refractivity contribution in [3.63, 3.8) is 0 Å². The first kappa shape index (κ1) is 16.4. The van der Waals surface area contributed by atoms with E-state index < -0.39 is 11.9 Å². The zero-order chi connectivity index (χ0) is 16.3. The summed E-state index contributed by atoms with van der Waals surface area (Å²) in [5.74, 6) is -0.970. The number of anilines is 1. The van der Waals surface area contributed by atoms with E-state index in [1.54, 1.807) is 25.3 Å². The molecule has 0 radical (unpaired) electrons. The topological polar surface area (TPSA) is 64.6 Å². The molecule has 1 N–H and O–H groups in total. The van der Waals surface area contributed by atoms with Crippen LogP contribution in [0.4, 0.5) is 5.69 Å². The highest BCUT2D eigenvalue weighted by atomic mass is 35.5. The summed E-state index contributed by atoms with van der Waals surface area (Å²) in [4.78, 5) is 23.8. The Morgan fingerprint density at radius 2 is 2.09 bits per heavy atom. The number of halogens is 1. The Morgan fingerprint density at radius 1 is 1.36 bits per heavy atom. The summed E-state index contributed by atoms with van der Waals surface area (Å²) >= 11 is 6.14. The van der Waals surface area contributed by atoms with Crippen molar-refractivity contribution in [1.29, 1.82) is 0 Å². The summed E-state index contributed by atoms with van der Waals surface area (Å²) in [5, 5.41) is 3.66. The molecule has 6 heteroatoms. The van der Waals surface area contributed by atoms with Crippen LogP contribution in [0.5, 0.6) is 5.75 Å². The van der Waals surface area contributed by atoms with Crippen molar-refractivity contribution < 1.29 is 19.1 Å². The molecule has 1 aliphatic rings. The first-order chi connectivity index (χ1) is 10.5. The largest absolute Gasteiger partial charge is 0.497 e. The van der Waals surface area contributed by atoms with Crippen molar-refractivity contribution >= 4 is 29.0 Å². The molecular formula is C16H18ClNO4. The van der Waals surface area contributed by atoms with E-state index in [2.05, 4.69) is 10.1 Å². The molecule has 0 spiro atoms. The molecule has 0 aliphatic heterocycles. The Bertz CT molecular complexity index is 627. The minimum absolute atomic E-state index is 0.142. The molecule has 2 atom stereocenters. The van der Waals surface area contributed by atoms with Gasteiger partial charge in [-0.1, -0.05) is 18.5 Å². The first-order valence-electron chi connectivity index (χ1n) is 6.89. The maximum atomic E-state index is 12.1. The van der Waals surface area contributed by atoms with E-state index in [0.717, 1.165) is 0 Å². The predicted octanol–water partition coefficient (Wildman–Crippen LogP) is 3.04. The van der Waals surface area contributed by atoms with Gasteiger partial charge in [-0.05, 0) is 24.5 Å². The van der Waals surface area contributed by atoms with Crippen molar-refractivity contribution in [3.8, 4) is 5.75 Å². The standard InChI is InChI=1S/C16H18ClNO4/c1-9-6-10(7-14(19)15(9)16(20)22-3)18-13-8-11(21-2)4-5-12(13)17/h4-5,7-9,15,18H,6H2,1-3H3/t9-,15+/m1/s1. The molecule has 22 heavy (non-hydrogen) atoms.